The van der Waals surface area contributed by atoms with E-state index in [1.54, 1.807) is 37.5 Å². The van der Waals surface area contributed by atoms with Crippen LogP contribution in [-0.4, -0.2) is 23.5 Å². The first-order chi connectivity index (χ1) is 16.8. The minimum absolute atomic E-state index is 0.158. The molecule has 0 saturated heterocycles. The van der Waals surface area contributed by atoms with Crippen molar-refractivity contribution < 1.29 is 27.4 Å². The Bertz CT molecular complexity index is 1370. The zero-order valence-corrected chi connectivity index (χ0v) is 18.5. The summed E-state index contributed by atoms with van der Waals surface area (Å²) in [4.78, 5) is 16.3. The predicted octanol–water partition coefficient (Wildman–Crippen LogP) is 5.78. The SMILES string of the molecule is Cc1cc(C(=O)N/N=C\c2ccc(OCc3ccc(OC(F)(F)F)cc3)c3ccccc23)ccn1. The molecule has 6 nitrogen and oxygen atoms in total. The Kier molecular flexibility index (Phi) is 6.96. The lowest BCUT2D eigenvalue weighted by atomic mass is 10.0. The van der Waals surface area contributed by atoms with E-state index in [1.807, 2.05) is 30.3 Å². The molecular weight excluding hydrogens is 459 g/mol. The molecule has 1 aromatic heterocycles. The summed E-state index contributed by atoms with van der Waals surface area (Å²) in [5.74, 6) is -0.0335. The van der Waals surface area contributed by atoms with Gasteiger partial charge in [0, 0.05) is 28.4 Å². The van der Waals surface area contributed by atoms with Gasteiger partial charge in [-0.2, -0.15) is 5.10 Å². The van der Waals surface area contributed by atoms with Crippen LogP contribution in [0.3, 0.4) is 0 Å². The van der Waals surface area contributed by atoms with Crippen LogP contribution < -0.4 is 14.9 Å². The van der Waals surface area contributed by atoms with Gasteiger partial charge in [0.1, 0.15) is 18.1 Å². The molecule has 0 spiro atoms. The van der Waals surface area contributed by atoms with Crippen molar-refractivity contribution in [3.8, 4) is 11.5 Å². The van der Waals surface area contributed by atoms with Gasteiger partial charge in [-0.1, -0.05) is 36.4 Å². The van der Waals surface area contributed by atoms with E-state index in [2.05, 4.69) is 20.2 Å². The number of hydrogen-bond donors (Lipinski definition) is 1. The number of carbonyl (C=O) groups is 1. The van der Waals surface area contributed by atoms with Crippen LogP contribution in [0.15, 0.2) is 84.1 Å². The highest BCUT2D eigenvalue weighted by Gasteiger charge is 2.30. The quantitative estimate of drug-likeness (QED) is 0.269. The van der Waals surface area contributed by atoms with Crippen LogP contribution in [0.25, 0.3) is 10.8 Å². The van der Waals surface area contributed by atoms with Crippen LogP contribution in [-0.2, 0) is 6.61 Å². The van der Waals surface area contributed by atoms with Crippen molar-refractivity contribution in [2.45, 2.75) is 19.9 Å². The van der Waals surface area contributed by atoms with Crippen molar-refractivity contribution >= 4 is 22.9 Å². The molecular formula is C26H20F3N3O3. The predicted molar refractivity (Wildman–Crippen MR) is 125 cm³/mol. The second kappa shape index (κ2) is 10.3. The lowest BCUT2D eigenvalue weighted by molar-refractivity contribution is -0.274. The summed E-state index contributed by atoms with van der Waals surface area (Å²) < 4.78 is 46.8. The van der Waals surface area contributed by atoms with Gasteiger partial charge in [-0.05, 0) is 54.3 Å². The molecule has 0 aliphatic rings. The fourth-order valence-corrected chi connectivity index (χ4v) is 3.39. The van der Waals surface area contributed by atoms with Crippen LogP contribution >= 0.6 is 0 Å². The number of fused-ring (bicyclic) bond motifs is 1. The molecule has 0 aliphatic carbocycles. The van der Waals surface area contributed by atoms with Crippen molar-refractivity contribution in [3.63, 3.8) is 0 Å². The molecule has 0 fully saturated rings. The number of nitrogens with zero attached hydrogens (tertiary/aromatic N) is 2. The molecule has 9 heteroatoms. The van der Waals surface area contributed by atoms with Gasteiger partial charge in [0.2, 0.25) is 0 Å². The van der Waals surface area contributed by atoms with Crippen molar-refractivity contribution in [1.82, 2.24) is 10.4 Å². The van der Waals surface area contributed by atoms with E-state index in [0.29, 0.717) is 16.9 Å². The zero-order valence-electron chi connectivity index (χ0n) is 18.5. The standard InChI is InChI=1S/C26H20F3N3O3/c1-17-14-19(12-13-30-17)25(33)32-31-15-20-8-11-24(23-5-3-2-4-22(20)23)34-16-18-6-9-21(10-7-18)35-26(27,28)29/h2-15H,16H2,1H3,(H,32,33)/b31-15-. The van der Waals surface area contributed by atoms with E-state index < -0.39 is 6.36 Å². The van der Waals surface area contributed by atoms with Gasteiger partial charge in [0.25, 0.3) is 5.91 Å². The number of carbonyl (C=O) groups excluding carboxylic acids is 1. The van der Waals surface area contributed by atoms with E-state index in [0.717, 1.165) is 22.0 Å². The molecule has 35 heavy (non-hydrogen) atoms. The van der Waals surface area contributed by atoms with E-state index in [1.165, 1.54) is 24.3 Å². The van der Waals surface area contributed by atoms with Crippen LogP contribution in [0.1, 0.15) is 27.2 Å². The Morgan fingerprint density at radius 3 is 2.49 bits per heavy atom. The first-order valence-corrected chi connectivity index (χ1v) is 10.5. The Morgan fingerprint density at radius 2 is 1.77 bits per heavy atom. The summed E-state index contributed by atoms with van der Waals surface area (Å²) in [6.45, 7) is 1.96. The second-order valence-electron chi connectivity index (χ2n) is 7.56. The molecule has 1 amide bonds. The van der Waals surface area contributed by atoms with E-state index in [4.69, 9.17) is 4.74 Å². The Morgan fingerprint density at radius 1 is 1.03 bits per heavy atom. The smallest absolute Gasteiger partial charge is 0.488 e. The number of aryl methyl sites for hydroxylation is 1. The lowest BCUT2D eigenvalue weighted by Crippen LogP contribution is -2.17. The number of pyridine rings is 1. The number of rotatable bonds is 7. The van der Waals surface area contributed by atoms with Crippen molar-refractivity contribution in [2.75, 3.05) is 0 Å². The Balaban J connectivity index is 1.46. The van der Waals surface area contributed by atoms with Crippen molar-refractivity contribution in [3.05, 3.63) is 101 Å². The normalized spacial score (nSPS) is 11.5. The highest BCUT2D eigenvalue weighted by atomic mass is 19.4. The number of aromatic nitrogens is 1. The summed E-state index contributed by atoms with van der Waals surface area (Å²) in [7, 11) is 0. The molecule has 3 aromatic carbocycles. The molecule has 1 heterocycles. The summed E-state index contributed by atoms with van der Waals surface area (Å²) in [6, 6.07) is 19.9. The van der Waals surface area contributed by atoms with E-state index >= 15 is 0 Å². The largest absolute Gasteiger partial charge is 0.573 e. The molecule has 0 bridgehead atoms. The fraction of sp³-hybridized carbons (Fsp3) is 0.115. The Labute approximate surface area is 199 Å². The number of benzene rings is 3. The molecule has 4 aromatic rings. The van der Waals surface area contributed by atoms with Crippen LogP contribution in [0, 0.1) is 6.92 Å². The maximum Gasteiger partial charge on any atom is 0.573 e. The third-order valence-corrected chi connectivity index (χ3v) is 5.00. The first kappa shape index (κ1) is 23.7. The number of hydrazone groups is 1. The van der Waals surface area contributed by atoms with Crippen LogP contribution in [0.2, 0.25) is 0 Å². The topological polar surface area (TPSA) is 72.8 Å². The molecule has 0 aliphatic heterocycles. The molecule has 0 unspecified atom stereocenters. The van der Waals surface area contributed by atoms with Gasteiger partial charge in [0.15, 0.2) is 0 Å². The molecule has 0 radical (unpaired) electrons. The van der Waals surface area contributed by atoms with Gasteiger partial charge in [-0.15, -0.1) is 13.2 Å². The average Bonchev–Trinajstić information content (AvgIpc) is 2.83. The maximum absolute atomic E-state index is 12.3. The zero-order chi connectivity index (χ0) is 24.8. The highest BCUT2D eigenvalue weighted by Crippen LogP contribution is 2.29. The highest BCUT2D eigenvalue weighted by molar-refractivity contribution is 6.03. The number of nitrogens with one attached hydrogen (secondary N) is 1. The second-order valence-corrected chi connectivity index (χ2v) is 7.56. The van der Waals surface area contributed by atoms with Gasteiger partial charge in [0.05, 0.1) is 6.21 Å². The third-order valence-electron chi connectivity index (χ3n) is 5.00. The van der Waals surface area contributed by atoms with Crippen molar-refractivity contribution in [2.24, 2.45) is 5.10 Å². The summed E-state index contributed by atoms with van der Waals surface area (Å²) >= 11 is 0. The van der Waals surface area contributed by atoms with E-state index in [9.17, 15) is 18.0 Å². The van der Waals surface area contributed by atoms with Gasteiger partial charge in [-0.3, -0.25) is 9.78 Å². The van der Waals surface area contributed by atoms with Crippen LogP contribution in [0.5, 0.6) is 11.5 Å². The minimum atomic E-state index is -4.73. The van der Waals surface area contributed by atoms with Gasteiger partial charge < -0.3 is 9.47 Å². The lowest BCUT2D eigenvalue weighted by Gasteiger charge is -2.12. The first-order valence-electron chi connectivity index (χ1n) is 10.5. The number of amides is 1. The summed E-state index contributed by atoms with van der Waals surface area (Å²) in [5.41, 5.74) is 5.15. The summed E-state index contributed by atoms with van der Waals surface area (Å²) in [6.07, 6.45) is -1.62. The minimum Gasteiger partial charge on any atom is -0.488 e. The molecule has 178 valence electrons. The number of halogens is 3. The van der Waals surface area contributed by atoms with Gasteiger partial charge in [-0.25, -0.2) is 5.43 Å². The molecule has 0 saturated carbocycles. The molecule has 1 N–H and O–H groups in total. The van der Waals surface area contributed by atoms with Crippen molar-refractivity contribution in [1.29, 1.82) is 0 Å². The van der Waals surface area contributed by atoms with Crippen LogP contribution in [0.4, 0.5) is 13.2 Å². The number of hydrogen-bond acceptors (Lipinski definition) is 5. The maximum atomic E-state index is 12.3. The molecule has 0 atom stereocenters. The third kappa shape index (κ3) is 6.35. The number of alkyl halides is 3. The molecule has 4 rings (SSSR count). The fourth-order valence-electron chi connectivity index (χ4n) is 3.39. The van der Waals surface area contributed by atoms with Gasteiger partial charge >= 0.3 is 6.36 Å². The monoisotopic (exact) mass is 479 g/mol. The van der Waals surface area contributed by atoms with E-state index in [-0.39, 0.29) is 18.3 Å². The number of ether oxygens (including phenoxy) is 2. The average molecular weight is 479 g/mol. The summed E-state index contributed by atoms with van der Waals surface area (Å²) in [5, 5.41) is 5.76. The Hall–Kier alpha value is -4.40.